The predicted molar refractivity (Wildman–Crippen MR) is 43.4 cm³/mol. The number of nitrogens with two attached hydrogens (primary N) is 1. The smallest absolute Gasteiger partial charge is 0.335 e. The number of hydrogen-bond acceptors (Lipinski definition) is 3. The number of carboxylic acids is 1. The van der Waals surface area contributed by atoms with E-state index in [1.54, 1.807) is 0 Å². The molecule has 1 aromatic rings. The van der Waals surface area contributed by atoms with Crippen LogP contribution in [0.25, 0.3) is 0 Å². The van der Waals surface area contributed by atoms with E-state index in [1.165, 1.54) is 18.2 Å². The molecule has 3 nitrogen and oxygen atoms in total. The molecule has 0 fully saturated rings. The number of aromatic carboxylic acids is 1. The molecule has 0 atom stereocenters. The number of carboxylic acid groups (broad SMARTS) is 1. The van der Waals surface area contributed by atoms with Crippen LogP contribution in [0.15, 0.2) is 23.1 Å². The topological polar surface area (TPSA) is 63.3 Å². The molecule has 0 saturated carbocycles. The van der Waals surface area contributed by atoms with E-state index in [1.807, 2.05) is 0 Å². The summed E-state index contributed by atoms with van der Waals surface area (Å²) in [7, 11) is 0. The van der Waals surface area contributed by atoms with Gasteiger partial charge in [0.2, 0.25) is 0 Å². The van der Waals surface area contributed by atoms with Gasteiger partial charge in [0, 0.05) is 5.69 Å². The third-order valence-electron chi connectivity index (χ3n) is 1.26. The predicted octanol–water partition coefficient (Wildman–Crippen LogP) is 0.873. The summed E-state index contributed by atoms with van der Waals surface area (Å²) in [5.41, 5.74) is 6.00. The highest BCUT2D eigenvalue weighted by Crippen LogP contribution is 2.12. The molecule has 0 aliphatic carbocycles. The Morgan fingerprint density at radius 1 is 1.55 bits per heavy atom. The molecule has 1 aromatic carbocycles. The fourth-order valence-electron chi connectivity index (χ4n) is 0.667. The average molecular weight is 168 g/mol. The van der Waals surface area contributed by atoms with Crippen LogP contribution in [0.2, 0.25) is 0 Å². The van der Waals surface area contributed by atoms with Crippen LogP contribution in [0.1, 0.15) is 10.4 Å². The molecule has 0 aliphatic rings. The average Bonchev–Trinajstić information content (AvgIpc) is 1.94. The number of nitrogen functional groups attached to an aromatic ring is 1. The largest absolute Gasteiger partial charge is 0.778 e. The molecule has 0 heterocycles. The molecular formula is C7H6NO2S-. The van der Waals surface area contributed by atoms with Gasteiger partial charge in [-0.1, -0.05) is 6.07 Å². The van der Waals surface area contributed by atoms with Gasteiger partial charge in [-0.15, -0.1) is 0 Å². The monoisotopic (exact) mass is 168 g/mol. The van der Waals surface area contributed by atoms with Crippen LogP contribution in [0.5, 0.6) is 0 Å². The van der Waals surface area contributed by atoms with Crippen LogP contribution in [0, 0.1) is 0 Å². The van der Waals surface area contributed by atoms with E-state index in [2.05, 4.69) is 0 Å². The Morgan fingerprint density at radius 3 is 2.64 bits per heavy atom. The van der Waals surface area contributed by atoms with Crippen LogP contribution in [-0.2, 0) is 12.6 Å². The van der Waals surface area contributed by atoms with Crippen molar-refractivity contribution in [3.8, 4) is 0 Å². The molecule has 0 aliphatic heterocycles. The van der Waals surface area contributed by atoms with Gasteiger partial charge in [0.25, 0.3) is 0 Å². The van der Waals surface area contributed by atoms with Crippen molar-refractivity contribution in [1.29, 1.82) is 0 Å². The van der Waals surface area contributed by atoms with Crippen molar-refractivity contribution in [2.75, 3.05) is 5.73 Å². The van der Waals surface area contributed by atoms with Crippen molar-refractivity contribution in [2.24, 2.45) is 0 Å². The van der Waals surface area contributed by atoms with Gasteiger partial charge in [-0.25, -0.2) is 4.79 Å². The molecule has 0 bridgehead atoms. The maximum absolute atomic E-state index is 10.4. The number of benzene rings is 1. The van der Waals surface area contributed by atoms with Gasteiger partial charge in [-0.2, -0.15) is 4.90 Å². The summed E-state index contributed by atoms with van der Waals surface area (Å²) in [5, 5.41) is 8.51. The Labute approximate surface area is 69.2 Å². The molecule has 1 rings (SSSR count). The quantitative estimate of drug-likeness (QED) is 0.482. The maximum Gasteiger partial charge on any atom is 0.335 e. The highest BCUT2D eigenvalue weighted by Gasteiger charge is 1.99. The Balaban J connectivity index is 3.15. The van der Waals surface area contributed by atoms with Gasteiger partial charge >= 0.3 is 5.97 Å². The Kier molecular flexibility index (Phi) is 1.96. The second kappa shape index (κ2) is 2.75. The second-order valence-electron chi connectivity index (χ2n) is 2.06. The minimum atomic E-state index is -0.990. The lowest BCUT2D eigenvalue weighted by Crippen LogP contribution is -1.98. The molecule has 0 radical (unpaired) electrons. The SMILES string of the molecule is Nc1ccc(C(=O)O)cc1[S-]. The molecule has 0 aromatic heterocycles. The molecule has 58 valence electrons. The zero-order valence-electron chi connectivity index (χ0n) is 5.57. The normalized spacial score (nSPS) is 9.45. The standard InChI is InChI=1S/C7H7NO2S/c8-5-2-1-4(7(9)10)3-6(5)11/h1-3,11H,8H2,(H,9,10)/p-1. The third-order valence-corrected chi connectivity index (χ3v) is 1.61. The highest BCUT2D eigenvalue weighted by molar-refractivity contribution is 7.59. The minimum absolute atomic E-state index is 0.171. The number of carbonyl (C=O) groups is 1. The van der Waals surface area contributed by atoms with E-state index in [4.69, 9.17) is 23.5 Å². The van der Waals surface area contributed by atoms with Gasteiger partial charge in [-0.05, 0) is 12.1 Å². The zero-order valence-corrected chi connectivity index (χ0v) is 6.39. The number of anilines is 1. The third kappa shape index (κ3) is 1.59. The first-order valence-electron chi connectivity index (χ1n) is 2.91. The number of rotatable bonds is 1. The number of hydrogen-bond donors (Lipinski definition) is 2. The second-order valence-corrected chi connectivity index (χ2v) is 2.50. The molecular weight excluding hydrogens is 162 g/mol. The first kappa shape index (κ1) is 7.81. The van der Waals surface area contributed by atoms with E-state index in [0.717, 1.165) is 0 Å². The van der Waals surface area contributed by atoms with E-state index >= 15 is 0 Å². The lowest BCUT2D eigenvalue weighted by atomic mass is 10.2. The van der Waals surface area contributed by atoms with Crippen LogP contribution in [0.3, 0.4) is 0 Å². The fraction of sp³-hybridized carbons (Fsp3) is 0. The first-order chi connectivity index (χ1) is 5.11. The fourth-order valence-corrected chi connectivity index (χ4v) is 0.862. The summed E-state index contributed by atoms with van der Waals surface area (Å²) >= 11 is 4.77. The summed E-state index contributed by atoms with van der Waals surface area (Å²) in [6.07, 6.45) is 0. The minimum Gasteiger partial charge on any atom is -0.778 e. The summed E-state index contributed by atoms with van der Waals surface area (Å²) in [6, 6.07) is 4.28. The van der Waals surface area contributed by atoms with Crippen LogP contribution in [-0.4, -0.2) is 11.1 Å². The highest BCUT2D eigenvalue weighted by atomic mass is 32.1. The van der Waals surface area contributed by atoms with Crippen molar-refractivity contribution >= 4 is 24.3 Å². The molecule has 0 saturated heterocycles. The van der Waals surface area contributed by atoms with E-state index in [9.17, 15) is 4.79 Å². The molecule has 0 unspecified atom stereocenters. The molecule has 3 N–H and O–H groups in total. The lowest BCUT2D eigenvalue weighted by molar-refractivity contribution is 0.0696. The van der Waals surface area contributed by atoms with E-state index < -0.39 is 5.97 Å². The molecule has 11 heavy (non-hydrogen) atoms. The van der Waals surface area contributed by atoms with Crippen molar-refractivity contribution in [1.82, 2.24) is 0 Å². The Bertz CT molecular complexity index is 298. The van der Waals surface area contributed by atoms with E-state index in [0.29, 0.717) is 10.6 Å². The van der Waals surface area contributed by atoms with E-state index in [-0.39, 0.29) is 5.56 Å². The van der Waals surface area contributed by atoms with Gasteiger partial charge < -0.3 is 23.5 Å². The Morgan fingerprint density at radius 2 is 2.18 bits per heavy atom. The van der Waals surface area contributed by atoms with Crippen molar-refractivity contribution in [3.63, 3.8) is 0 Å². The van der Waals surface area contributed by atoms with Gasteiger partial charge in [0.1, 0.15) is 0 Å². The van der Waals surface area contributed by atoms with Gasteiger partial charge in [0.05, 0.1) is 5.56 Å². The summed E-state index contributed by atoms with van der Waals surface area (Å²) in [6.45, 7) is 0. The Hall–Kier alpha value is -1.29. The van der Waals surface area contributed by atoms with Gasteiger partial charge in [0.15, 0.2) is 0 Å². The first-order valence-corrected chi connectivity index (χ1v) is 3.32. The maximum atomic E-state index is 10.4. The molecule has 4 heteroatoms. The van der Waals surface area contributed by atoms with Crippen molar-refractivity contribution in [2.45, 2.75) is 4.90 Å². The zero-order chi connectivity index (χ0) is 8.43. The van der Waals surface area contributed by atoms with Crippen molar-refractivity contribution < 1.29 is 9.90 Å². The molecule has 0 amide bonds. The summed E-state index contributed by atoms with van der Waals surface area (Å²) < 4.78 is 0. The summed E-state index contributed by atoms with van der Waals surface area (Å²) in [4.78, 5) is 10.8. The van der Waals surface area contributed by atoms with Crippen molar-refractivity contribution in [3.05, 3.63) is 23.8 Å². The van der Waals surface area contributed by atoms with Crippen LogP contribution >= 0.6 is 0 Å². The van der Waals surface area contributed by atoms with Gasteiger partial charge in [-0.3, -0.25) is 0 Å². The lowest BCUT2D eigenvalue weighted by Gasteiger charge is -2.09. The summed E-state index contributed by atoms with van der Waals surface area (Å²) in [5.74, 6) is -0.990. The van der Waals surface area contributed by atoms with Crippen LogP contribution < -0.4 is 5.73 Å². The molecule has 0 spiro atoms. The van der Waals surface area contributed by atoms with Crippen LogP contribution in [0.4, 0.5) is 5.69 Å².